The summed E-state index contributed by atoms with van der Waals surface area (Å²) in [5.41, 5.74) is 13.1. The highest BCUT2D eigenvalue weighted by Crippen LogP contribution is 2.39. The van der Waals surface area contributed by atoms with E-state index in [1.807, 2.05) is 0 Å². The molecule has 21 heavy (non-hydrogen) atoms. The molecule has 1 heterocycles. The second-order valence-electron chi connectivity index (χ2n) is 5.57. The first-order valence-electron chi connectivity index (χ1n) is 7.19. The molecule has 0 unspecified atom stereocenters. The second kappa shape index (κ2) is 5.37. The summed E-state index contributed by atoms with van der Waals surface area (Å²) in [6.45, 7) is 0. The normalized spacial score (nSPS) is 17.8. The zero-order chi connectivity index (χ0) is 14.9. The average molecular weight is 288 g/mol. The number of nitrogen functional groups attached to an aromatic ring is 2. The molecule has 112 valence electrons. The van der Waals surface area contributed by atoms with Crippen LogP contribution in [0.15, 0.2) is 22.7 Å². The van der Waals surface area contributed by atoms with Crippen molar-refractivity contribution in [1.29, 1.82) is 0 Å². The molecule has 1 aliphatic carbocycles. The number of anilines is 2. The zero-order valence-electron chi connectivity index (χ0n) is 12.1. The molecule has 0 aliphatic heterocycles. The van der Waals surface area contributed by atoms with Gasteiger partial charge in [-0.25, -0.2) is 0 Å². The van der Waals surface area contributed by atoms with Crippen molar-refractivity contribution >= 4 is 11.4 Å². The number of nitrogens with zero attached hydrogens (tertiary/aromatic N) is 2. The van der Waals surface area contributed by atoms with E-state index in [4.69, 9.17) is 20.7 Å². The molecule has 1 aromatic heterocycles. The van der Waals surface area contributed by atoms with Gasteiger partial charge in [0.15, 0.2) is 0 Å². The third kappa shape index (κ3) is 2.58. The van der Waals surface area contributed by atoms with Crippen LogP contribution in [0.25, 0.3) is 11.5 Å². The van der Waals surface area contributed by atoms with Crippen molar-refractivity contribution in [2.24, 2.45) is 0 Å². The maximum atomic E-state index is 5.80. The van der Waals surface area contributed by atoms with Crippen molar-refractivity contribution in [2.45, 2.75) is 37.7 Å². The minimum absolute atomic E-state index is 0.422. The Bertz CT molecular complexity index is 612. The summed E-state index contributed by atoms with van der Waals surface area (Å²) in [6, 6.07) is 5.24. The zero-order valence-corrected chi connectivity index (χ0v) is 12.1. The number of ether oxygens (including phenoxy) is 1. The number of nitrogens with two attached hydrogens (primary N) is 2. The SMILES string of the molecule is COC1(c2noc(-c3cc(N)cc(N)c3)n2)CCCCC1. The molecule has 6 heteroatoms. The van der Waals surface area contributed by atoms with Crippen LogP contribution in [0, 0.1) is 0 Å². The van der Waals surface area contributed by atoms with Crippen LogP contribution in [0.5, 0.6) is 0 Å². The Hall–Kier alpha value is -2.08. The fourth-order valence-electron chi connectivity index (χ4n) is 2.97. The Labute approximate surface area is 123 Å². The van der Waals surface area contributed by atoms with Gasteiger partial charge in [0.2, 0.25) is 5.82 Å². The first-order chi connectivity index (χ1) is 10.1. The van der Waals surface area contributed by atoms with Crippen LogP contribution in [-0.2, 0) is 10.3 Å². The number of hydrogen-bond acceptors (Lipinski definition) is 6. The monoisotopic (exact) mass is 288 g/mol. The molecule has 0 spiro atoms. The van der Waals surface area contributed by atoms with Crippen LogP contribution in [0.2, 0.25) is 0 Å². The van der Waals surface area contributed by atoms with Crippen LogP contribution in [0.4, 0.5) is 11.4 Å². The first kappa shape index (κ1) is 13.9. The molecule has 4 N–H and O–H groups in total. The highest BCUT2D eigenvalue weighted by atomic mass is 16.5. The molecule has 1 aromatic carbocycles. The van der Waals surface area contributed by atoms with Crippen LogP contribution in [0.3, 0.4) is 0 Å². The minimum atomic E-state index is -0.425. The van der Waals surface area contributed by atoms with Gasteiger partial charge in [-0.3, -0.25) is 0 Å². The van der Waals surface area contributed by atoms with E-state index in [2.05, 4.69) is 10.1 Å². The van der Waals surface area contributed by atoms with Crippen LogP contribution in [0.1, 0.15) is 37.9 Å². The van der Waals surface area contributed by atoms with Crippen LogP contribution in [-0.4, -0.2) is 17.3 Å². The van der Waals surface area contributed by atoms with E-state index >= 15 is 0 Å². The van der Waals surface area contributed by atoms with Gasteiger partial charge in [-0.1, -0.05) is 24.4 Å². The van der Waals surface area contributed by atoms with Crippen molar-refractivity contribution in [3.05, 3.63) is 24.0 Å². The van der Waals surface area contributed by atoms with E-state index in [-0.39, 0.29) is 0 Å². The van der Waals surface area contributed by atoms with Gasteiger partial charge in [-0.2, -0.15) is 4.98 Å². The Kier molecular flexibility index (Phi) is 3.55. The minimum Gasteiger partial charge on any atom is -0.399 e. The van der Waals surface area contributed by atoms with Gasteiger partial charge >= 0.3 is 0 Å². The lowest BCUT2D eigenvalue weighted by Gasteiger charge is -2.32. The van der Waals surface area contributed by atoms with Gasteiger partial charge in [0.25, 0.3) is 5.89 Å². The topological polar surface area (TPSA) is 100 Å². The van der Waals surface area contributed by atoms with Gasteiger partial charge in [-0.15, -0.1) is 0 Å². The second-order valence-corrected chi connectivity index (χ2v) is 5.57. The summed E-state index contributed by atoms with van der Waals surface area (Å²) in [5, 5.41) is 4.13. The van der Waals surface area contributed by atoms with Crippen molar-refractivity contribution in [3.8, 4) is 11.5 Å². The molecule has 0 radical (unpaired) electrons. The van der Waals surface area contributed by atoms with Gasteiger partial charge < -0.3 is 20.7 Å². The van der Waals surface area contributed by atoms with E-state index in [1.165, 1.54) is 6.42 Å². The highest BCUT2D eigenvalue weighted by molar-refractivity contribution is 5.67. The van der Waals surface area contributed by atoms with E-state index in [0.717, 1.165) is 31.2 Å². The molecule has 0 atom stereocenters. The maximum Gasteiger partial charge on any atom is 0.258 e. The Balaban J connectivity index is 1.95. The number of rotatable bonds is 3. The summed E-state index contributed by atoms with van der Waals surface area (Å²) in [4.78, 5) is 4.52. The molecule has 6 nitrogen and oxygen atoms in total. The lowest BCUT2D eigenvalue weighted by molar-refractivity contribution is -0.0527. The molecule has 2 aromatic rings. The highest BCUT2D eigenvalue weighted by Gasteiger charge is 2.38. The fraction of sp³-hybridized carbons (Fsp3) is 0.467. The number of aromatic nitrogens is 2. The van der Waals surface area contributed by atoms with E-state index < -0.39 is 5.60 Å². The largest absolute Gasteiger partial charge is 0.399 e. The summed E-state index contributed by atoms with van der Waals surface area (Å²) in [5.74, 6) is 1.03. The third-order valence-corrected chi connectivity index (χ3v) is 4.11. The average Bonchev–Trinajstić information content (AvgIpc) is 2.97. The Morgan fingerprint density at radius 3 is 2.38 bits per heavy atom. The van der Waals surface area contributed by atoms with Gasteiger partial charge in [0.05, 0.1) is 0 Å². The summed E-state index contributed by atoms with van der Waals surface area (Å²) in [6.07, 6.45) is 5.29. The van der Waals surface area contributed by atoms with Crippen molar-refractivity contribution < 1.29 is 9.26 Å². The van der Waals surface area contributed by atoms with Crippen molar-refractivity contribution in [3.63, 3.8) is 0 Å². The van der Waals surface area contributed by atoms with Gasteiger partial charge in [-0.05, 0) is 31.0 Å². The maximum absolute atomic E-state index is 5.80. The first-order valence-corrected chi connectivity index (χ1v) is 7.19. The summed E-state index contributed by atoms with van der Waals surface area (Å²) < 4.78 is 11.1. The molecule has 1 saturated carbocycles. The van der Waals surface area contributed by atoms with Crippen molar-refractivity contribution in [1.82, 2.24) is 10.1 Å². The van der Waals surface area contributed by atoms with E-state index in [0.29, 0.717) is 23.1 Å². The van der Waals surface area contributed by atoms with E-state index in [1.54, 1.807) is 25.3 Å². The predicted octanol–water partition coefficient (Wildman–Crippen LogP) is 2.71. The van der Waals surface area contributed by atoms with Gasteiger partial charge in [0.1, 0.15) is 5.60 Å². The molecule has 1 fully saturated rings. The summed E-state index contributed by atoms with van der Waals surface area (Å²) >= 11 is 0. The van der Waals surface area contributed by atoms with Crippen LogP contribution >= 0.6 is 0 Å². The third-order valence-electron chi connectivity index (χ3n) is 4.11. The standard InChI is InChI=1S/C15H20N4O2/c1-20-15(5-3-2-4-6-15)14-18-13(21-19-14)10-7-11(16)9-12(17)8-10/h7-9H,2-6,16-17H2,1H3. The quantitative estimate of drug-likeness (QED) is 0.842. The molecule has 0 saturated heterocycles. The molecule has 0 amide bonds. The molecular formula is C15H20N4O2. The molecule has 0 bridgehead atoms. The number of benzene rings is 1. The van der Waals surface area contributed by atoms with Crippen LogP contribution < -0.4 is 11.5 Å². The van der Waals surface area contributed by atoms with E-state index in [9.17, 15) is 0 Å². The Morgan fingerprint density at radius 1 is 1.10 bits per heavy atom. The number of methoxy groups -OCH3 is 1. The Morgan fingerprint density at radius 2 is 1.76 bits per heavy atom. The summed E-state index contributed by atoms with van der Waals surface area (Å²) in [7, 11) is 1.71. The predicted molar refractivity (Wildman–Crippen MR) is 80.3 cm³/mol. The smallest absolute Gasteiger partial charge is 0.258 e. The lowest BCUT2D eigenvalue weighted by Crippen LogP contribution is -2.32. The fourth-order valence-corrected chi connectivity index (χ4v) is 2.97. The van der Waals surface area contributed by atoms with Crippen molar-refractivity contribution in [2.75, 3.05) is 18.6 Å². The number of hydrogen-bond donors (Lipinski definition) is 2. The lowest BCUT2D eigenvalue weighted by atomic mass is 9.84. The molecular weight excluding hydrogens is 268 g/mol. The van der Waals surface area contributed by atoms with Gasteiger partial charge in [0, 0.05) is 24.0 Å². The molecule has 1 aliphatic rings. The molecule has 3 rings (SSSR count).